The summed E-state index contributed by atoms with van der Waals surface area (Å²) in [7, 11) is 0. The summed E-state index contributed by atoms with van der Waals surface area (Å²) in [6.07, 6.45) is 3.76. The first-order valence-electron chi connectivity index (χ1n) is 8.29. The molecule has 0 saturated heterocycles. The number of carbonyl (C=O) groups is 1. The van der Waals surface area contributed by atoms with Crippen molar-refractivity contribution in [1.82, 2.24) is 10.4 Å². The van der Waals surface area contributed by atoms with Crippen molar-refractivity contribution in [3.8, 4) is 0 Å². The number of hydrazone groups is 1. The van der Waals surface area contributed by atoms with E-state index in [1.807, 2.05) is 30.3 Å². The second-order valence-electron chi connectivity index (χ2n) is 6.29. The molecular weight excluding hydrogens is 369 g/mol. The number of hydrogen-bond donors (Lipinski definition) is 1. The Morgan fingerprint density at radius 2 is 1.85 bits per heavy atom. The number of amides is 1. The molecule has 1 amide bonds. The van der Waals surface area contributed by atoms with Crippen molar-refractivity contribution in [3.63, 3.8) is 0 Å². The molecule has 4 rings (SSSR count). The van der Waals surface area contributed by atoms with Crippen molar-refractivity contribution < 1.29 is 4.79 Å². The van der Waals surface area contributed by atoms with Crippen molar-refractivity contribution in [3.05, 3.63) is 75.4 Å². The Morgan fingerprint density at radius 3 is 2.58 bits per heavy atom. The maximum atomic E-state index is 12.7. The first-order valence-corrected chi connectivity index (χ1v) is 9.05. The Bertz CT molecular complexity index is 1010. The van der Waals surface area contributed by atoms with Gasteiger partial charge in [-0.15, -0.1) is 0 Å². The standard InChI is InChI=1S/C20H15Cl2N3O/c21-14-7-12(8-15(22)9-14)11-23-25-20(26)17-10-19(13-5-6-13)24-18-4-2-1-3-16(17)18/h1-4,7-11,13H,5-6H2,(H,25,26)/b23-11+. The molecule has 0 aliphatic heterocycles. The predicted octanol–water partition coefficient (Wildman–Crippen LogP) is 5.18. The van der Waals surface area contributed by atoms with Crippen molar-refractivity contribution in [2.45, 2.75) is 18.8 Å². The molecule has 1 N–H and O–H groups in total. The Labute approximate surface area is 160 Å². The number of fused-ring (bicyclic) bond motifs is 1. The van der Waals surface area contributed by atoms with Gasteiger partial charge in [0, 0.05) is 27.0 Å². The molecule has 1 saturated carbocycles. The number of nitrogens with one attached hydrogen (secondary N) is 1. The van der Waals surface area contributed by atoms with E-state index in [2.05, 4.69) is 15.5 Å². The molecule has 1 fully saturated rings. The number of para-hydroxylation sites is 1. The highest BCUT2D eigenvalue weighted by atomic mass is 35.5. The van der Waals surface area contributed by atoms with Gasteiger partial charge in [-0.3, -0.25) is 9.78 Å². The fourth-order valence-corrected chi connectivity index (χ4v) is 3.39. The number of halogens is 2. The van der Waals surface area contributed by atoms with Crippen LogP contribution in [0.1, 0.15) is 40.4 Å². The molecule has 2 aromatic carbocycles. The van der Waals surface area contributed by atoms with Crippen LogP contribution in [0, 0.1) is 0 Å². The van der Waals surface area contributed by atoms with Crippen LogP contribution < -0.4 is 5.43 Å². The summed E-state index contributed by atoms with van der Waals surface area (Å²) < 4.78 is 0. The molecule has 0 unspecified atom stereocenters. The van der Waals surface area contributed by atoms with E-state index in [4.69, 9.17) is 23.2 Å². The van der Waals surface area contributed by atoms with Crippen molar-refractivity contribution >= 4 is 46.2 Å². The molecule has 3 aromatic rings. The summed E-state index contributed by atoms with van der Waals surface area (Å²) in [6.45, 7) is 0. The third-order valence-corrected chi connectivity index (χ3v) is 4.68. The SMILES string of the molecule is O=C(N/N=C/c1cc(Cl)cc(Cl)c1)c1cc(C2CC2)nc2ccccc12. The minimum Gasteiger partial charge on any atom is -0.267 e. The molecule has 0 radical (unpaired) electrons. The van der Waals surface area contributed by atoms with Crippen molar-refractivity contribution in [1.29, 1.82) is 0 Å². The van der Waals surface area contributed by atoms with Crippen molar-refractivity contribution in [2.75, 3.05) is 0 Å². The first-order chi connectivity index (χ1) is 12.6. The van der Waals surface area contributed by atoms with Crippen LogP contribution in [-0.2, 0) is 0 Å². The highest BCUT2D eigenvalue weighted by Crippen LogP contribution is 2.40. The van der Waals surface area contributed by atoms with E-state index in [0.717, 1.165) is 29.4 Å². The van der Waals surface area contributed by atoms with Gasteiger partial charge in [0.25, 0.3) is 5.91 Å². The molecule has 1 aliphatic rings. The number of benzene rings is 2. The second kappa shape index (κ2) is 7.06. The van der Waals surface area contributed by atoms with Crippen LogP contribution in [0.5, 0.6) is 0 Å². The summed E-state index contributed by atoms with van der Waals surface area (Å²) in [5.41, 5.74) is 5.67. The minimum absolute atomic E-state index is 0.269. The zero-order valence-electron chi connectivity index (χ0n) is 13.7. The average molecular weight is 384 g/mol. The summed E-state index contributed by atoms with van der Waals surface area (Å²) in [6, 6.07) is 14.6. The highest BCUT2D eigenvalue weighted by molar-refractivity contribution is 6.35. The second-order valence-corrected chi connectivity index (χ2v) is 7.16. The average Bonchev–Trinajstić information content (AvgIpc) is 3.45. The molecule has 130 valence electrons. The number of aromatic nitrogens is 1. The van der Waals surface area contributed by atoms with Crippen LogP contribution in [0.3, 0.4) is 0 Å². The van der Waals surface area contributed by atoms with Crippen LogP contribution in [0.4, 0.5) is 0 Å². The Balaban J connectivity index is 1.60. The van der Waals surface area contributed by atoms with Gasteiger partial charge in [-0.2, -0.15) is 5.10 Å². The van der Waals surface area contributed by atoms with E-state index in [1.165, 1.54) is 6.21 Å². The van der Waals surface area contributed by atoms with E-state index in [9.17, 15) is 4.79 Å². The largest absolute Gasteiger partial charge is 0.272 e. The molecule has 1 aromatic heterocycles. The molecule has 1 heterocycles. The predicted molar refractivity (Wildman–Crippen MR) is 105 cm³/mol. The molecular formula is C20H15Cl2N3O. The van der Waals surface area contributed by atoms with Crippen LogP contribution in [0.25, 0.3) is 10.9 Å². The van der Waals surface area contributed by atoms with Gasteiger partial charge in [0.15, 0.2) is 0 Å². The van der Waals surface area contributed by atoms with Crippen molar-refractivity contribution in [2.24, 2.45) is 5.10 Å². The van der Waals surface area contributed by atoms with Gasteiger partial charge in [0.2, 0.25) is 0 Å². The van der Waals surface area contributed by atoms with Gasteiger partial charge in [0.05, 0.1) is 17.3 Å². The van der Waals surface area contributed by atoms with Crippen LogP contribution in [0.15, 0.2) is 53.6 Å². The molecule has 6 heteroatoms. The summed E-state index contributed by atoms with van der Waals surface area (Å²) in [5.74, 6) is 0.193. The number of pyridine rings is 1. The quantitative estimate of drug-likeness (QED) is 0.498. The van der Waals surface area contributed by atoms with E-state index in [1.54, 1.807) is 18.2 Å². The summed E-state index contributed by atoms with van der Waals surface area (Å²) in [5, 5.41) is 5.88. The topological polar surface area (TPSA) is 54.4 Å². The fourth-order valence-electron chi connectivity index (χ4n) is 2.85. The van der Waals surface area contributed by atoms with Crippen LogP contribution in [-0.4, -0.2) is 17.1 Å². The zero-order chi connectivity index (χ0) is 18.1. The summed E-state index contributed by atoms with van der Waals surface area (Å²) in [4.78, 5) is 17.4. The minimum atomic E-state index is -0.269. The number of hydrogen-bond acceptors (Lipinski definition) is 3. The van der Waals surface area contributed by atoms with Gasteiger partial charge in [-0.05, 0) is 48.7 Å². The highest BCUT2D eigenvalue weighted by Gasteiger charge is 2.26. The number of nitrogens with zero attached hydrogens (tertiary/aromatic N) is 2. The lowest BCUT2D eigenvalue weighted by Gasteiger charge is -2.08. The van der Waals surface area contributed by atoms with Gasteiger partial charge >= 0.3 is 0 Å². The molecule has 0 spiro atoms. The third kappa shape index (κ3) is 3.71. The zero-order valence-corrected chi connectivity index (χ0v) is 15.3. The first kappa shape index (κ1) is 17.0. The van der Waals surface area contributed by atoms with E-state index >= 15 is 0 Å². The lowest BCUT2D eigenvalue weighted by molar-refractivity contribution is 0.0956. The number of carbonyl (C=O) groups excluding carboxylic acids is 1. The summed E-state index contributed by atoms with van der Waals surface area (Å²) >= 11 is 11.9. The molecule has 0 bridgehead atoms. The van der Waals surface area contributed by atoms with Gasteiger partial charge in [0.1, 0.15) is 0 Å². The lowest BCUT2D eigenvalue weighted by atomic mass is 10.1. The van der Waals surface area contributed by atoms with Gasteiger partial charge in [-0.25, -0.2) is 5.43 Å². The van der Waals surface area contributed by atoms with E-state index in [0.29, 0.717) is 27.1 Å². The van der Waals surface area contributed by atoms with Crippen LogP contribution >= 0.6 is 23.2 Å². The molecule has 1 aliphatic carbocycles. The Kier molecular flexibility index (Phi) is 4.62. The molecule has 0 atom stereocenters. The van der Waals surface area contributed by atoms with Crippen LogP contribution in [0.2, 0.25) is 10.0 Å². The maximum Gasteiger partial charge on any atom is 0.272 e. The lowest BCUT2D eigenvalue weighted by Crippen LogP contribution is -2.18. The fraction of sp³-hybridized carbons (Fsp3) is 0.150. The Morgan fingerprint density at radius 1 is 1.12 bits per heavy atom. The maximum absolute atomic E-state index is 12.7. The molecule has 4 nitrogen and oxygen atoms in total. The molecule has 26 heavy (non-hydrogen) atoms. The Hall–Kier alpha value is -2.43. The smallest absolute Gasteiger partial charge is 0.267 e. The third-order valence-electron chi connectivity index (χ3n) is 4.24. The monoisotopic (exact) mass is 383 g/mol. The number of rotatable bonds is 4. The van der Waals surface area contributed by atoms with Gasteiger partial charge < -0.3 is 0 Å². The van der Waals surface area contributed by atoms with E-state index < -0.39 is 0 Å². The normalized spacial score (nSPS) is 14.1. The van der Waals surface area contributed by atoms with Gasteiger partial charge in [-0.1, -0.05) is 41.4 Å². The van der Waals surface area contributed by atoms with E-state index in [-0.39, 0.29) is 5.91 Å².